The maximum atomic E-state index is 12.1. The van der Waals surface area contributed by atoms with Gasteiger partial charge in [0, 0.05) is 13.5 Å². The lowest BCUT2D eigenvalue weighted by atomic mass is 10.1. The molecule has 0 fully saturated rings. The summed E-state index contributed by atoms with van der Waals surface area (Å²) in [5.41, 5.74) is 1.06. The molecular weight excluding hydrogens is 268 g/mol. The Kier molecular flexibility index (Phi) is 5.31. The van der Waals surface area contributed by atoms with Crippen LogP contribution in [0.3, 0.4) is 0 Å². The highest BCUT2D eigenvalue weighted by Crippen LogP contribution is 2.19. The van der Waals surface area contributed by atoms with Gasteiger partial charge in [-0.2, -0.15) is 5.10 Å². The highest BCUT2D eigenvalue weighted by molar-refractivity contribution is 5.76. The molecule has 1 N–H and O–H groups in total. The van der Waals surface area contributed by atoms with Gasteiger partial charge in [0.2, 0.25) is 5.91 Å². The standard InChI is InChI=1S/C15H20N4O2/c1-3-21-13-7-5-4-6-12(13)8-9-15(20)19(2)10-14-16-11-17-18-14/h4-7,11H,3,8-10H2,1-2H3,(H,16,17,18). The van der Waals surface area contributed by atoms with E-state index in [9.17, 15) is 4.79 Å². The van der Waals surface area contributed by atoms with E-state index in [1.54, 1.807) is 11.9 Å². The van der Waals surface area contributed by atoms with Crippen LogP contribution in [0, 0.1) is 0 Å². The Bertz CT molecular complexity index is 569. The minimum Gasteiger partial charge on any atom is -0.494 e. The van der Waals surface area contributed by atoms with Crippen molar-refractivity contribution in [1.29, 1.82) is 0 Å². The van der Waals surface area contributed by atoms with Gasteiger partial charge in [-0.05, 0) is 25.0 Å². The van der Waals surface area contributed by atoms with Gasteiger partial charge in [0.15, 0.2) is 0 Å². The Hall–Kier alpha value is -2.37. The summed E-state index contributed by atoms with van der Waals surface area (Å²) in [5, 5.41) is 6.52. The summed E-state index contributed by atoms with van der Waals surface area (Å²) in [7, 11) is 1.76. The fraction of sp³-hybridized carbons (Fsp3) is 0.400. The van der Waals surface area contributed by atoms with Crippen LogP contribution in [0.2, 0.25) is 0 Å². The number of rotatable bonds is 7. The Morgan fingerprint density at radius 2 is 2.19 bits per heavy atom. The number of amides is 1. The molecule has 0 bridgehead atoms. The van der Waals surface area contributed by atoms with Gasteiger partial charge >= 0.3 is 0 Å². The number of hydrogen-bond donors (Lipinski definition) is 1. The second-order valence-corrected chi connectivity index (χ2v) is 4.72. The lowest BCUT2D eigenvalue weighted by Crippen LogP contribution is -2.27. The average molecular weight is 288 g/mol. The topological polar surface area (TPSA) is 71.1 Å². The molecule has 0 aliphatic carbocycles. The van der Waals surface area contributed by atoms with Crippen LogP contribution in [0.15, 0.2) is 30.6 Å². The molecule has 6 heteroatoms. The fourth-order valence-electron chi connectivity index (χ4n) is 2.06. The predicted octanol–water partition coefficient (Wildman–Crippen LogP) is 1.79. The van der Waals surface area contributed by atoms with Gasteiger partial charge < -0.3 is 9.64 Å². The van der Waals surface area contributed by atoms with Crippen molar-refractivity contribution < 1.29 is 9.53 Å². The number of aromatic nitrogens is 3. The van der Waals surface area contributed by atoms with E-state index in [0.29, 0.717) is 31.8 Å². The second kappa shape index (κ2) is 7.42. The molecule has 0 unspecified atom stereocenters. The molecule has 1 amide bonds. The minimum atomic E-state index is 0.0673. The SMILES string of the molecule is CCOc1ccccc1CCC(=O)N(C)Cc1ncn[nH]1. The number of H-pyrrole nitrogens is 1. The van der Waals surface area contributed by atoms with Crippen LogP contribution in [0.25, 0.3) is 0 Å². The molecule has 0 saturated carbocycles. The third-order valence-corrected chi connectivity index (χ3v) is 3.16. The molecule has 6 nitrogen and oxygen atoms in total. The van der Waals surface area contributed by atoms with Crippen LogP contribution < -0.4 is 4.74 Å². The molecule has 0 radical (unpaired) electrons. The predicted molar refractivity (Wildman–Crippen MR) is 78.8 cm³/mol. The summed E-state index contributed by atoms with van der Waals surface area (Å²) in [6, 6.07) is 7.82. The third-order valence-electron chi connectivity index (χ3n) is 3.16. The number of aryl methyl sites for hydroxylation is 1. The van der Waals surface area contributed by atoms with Crippen LogP contribution >= 0.6 is 0 Å². The Labute approximate surface area is 124 Å². The van der Waals surface area contributed by atoms with Crippen LogP contribution in [0.1, 0.15) is 24.7 Å². The molecule has 0 spiro atoms. The molecule has 0 saturated heterocycles. The first-order valence-electron chi connectivity index (χ1n) is 6.99. The number of nitrogens with one attached hydrogen (secondary N) is 1. The molecule has 112 valence electrons. The number of hydrogen-bond acceptors (Lipinski definition) is 4. The van der Waals surface area contributed by atoms with Crippen molar-refractivity contribution in [1.82, 2.24) is 20.1 Å². The summed E-state index contributed by atoms with van der Waals surface area (Å²) < 4.78 is 5.57. The number of aromatic amines is 1. The van der Waals surface area contributed by atoms with Gasteiger partial charge in [-0.3, -0.25) is 9.89 Å². The number of ether oxygens (including phenoxy) is 1. The molecule has 1 aromatic carbocycles. The highest BCUT2D eigenvalue weighted by Gasteiger charge is 2.12. The average Bonchev–Trinajstić information content (AvgIpc) is 2.99. The summed E-state index contributed by atoms with van der Waals surface area (Å²) in [6.07, 6.45) is 2.54. The van der Waals surface area contributed by atoms with Gasteiger partial charge in [-0.25, -0.2) is 4.98 Å². The number of carbonyl (C=O) groups is 1. The van der Waals surface area contributed by atoms with Crippen molar-refractivity contribution in [2.45, 2.75) is 26.3 Å². The molecule has 2 aromatic rings. The quantitative estimate of drug-likeness (QED) is 0.843. The number of para-hydroxylation sites is 1. The lowest BCUT2D eigenvalue weighted by molar-refractivity contribution is -0.130. The Balaban J connectivity index is 1.88. The smallest absolute Gasteiger partial charge is 0.223 e. The fourth-order valence-corrected chi connectivity index (χ4v) is 2.06. The van der Waals surface area contributed by atoms with Crippen molar-refractivity contribution in [2.75, 3.05) is 13.7 Å². The summed E-state index contributed by atoms with van der Waals surface area (Å²) >= 11 is 0. The van der Waals surface area contributed by atoms with Crippen LogP contribution in [-0.4, -0.2) is 39.6 Å². The molecule has 2 rings (SSSR count). The van der Waals surface area contributed by atoms with E-state index in [4.69, 9.17) is 4.74 Å². The van der Waals surface area contributed by atoms with Gasteiger partial charge in [0.1, 0.15) is 17.9 Å². The Morgan fingerprint density at radius 1 is 1.38 bits per heavy atom. The number of benzene rings is 1. The highest BCUT2D eigenvalue weighted by atomic mass is 16.5. The molecule has 0 atom stereocenters. The molecule has 0 aliphatic heterocycles. The number of nitrogens with zero attached hydrogens (tertiary/aromatic N) is 3. The maximum Gasteiger partial charge on any atom is 0.223 e. The summed E-state index contributed by atoms with van der Waals surface area (Å²) in [4.78, 5) is 17.8. The van der Waals surface area contributed by atoms with E-state index in [0.717, 1.165) is 11.3 Å². The Morgan fingerprint density at radius 3 is 2.90 bits per heavy atom. The maximum absolute atomic E-state index is 12.1. The molecular formula is C15H20N4O2. The van der Waals surface area contributed by atoms with E-state index in [2.05, 4.69) is 15.2 Å². The van der Waals surface area contributed by atoms with Crippen molar-refractivity contribution in [3.05, 3.63) is 42.0 Å². The second-order valence-electron chi connectivity index (χ2n) is 4.72. The summed E-state index contributed by atoms with van der Waals surface area (Å²) in [6.45, 7) is 3.01. The molecule has 1 aromatic heterocycles. The largest absolute Gasteiger partial charge is 0.494 e. The lowest BCUT2D eigenvalue weighted by Gasteiger charge is -2.16. The van der Waals surface area contributed by atoms with E-state index in [1.807, 2.05) is 31.2 Å². The van der Waals surface area contributed by atoms with E-state index in [1.165, 1.54) is 6.33 Å². The number of carbonyl (C=O) groups excluding carboxylic acids is 1. The van der Waals surface area contributed by atoms with E-state index >= 15 is 0 Å². The van der Waals surface area contributed by atoms with Crippen molar-refractivity contribution in [3.8, 4) is 5.75 Å². The van der Waals surface area contributed by atoms with Gasteiger partial charge in [-0.1, -0.05) is 18.2 Å². The first-order valence-corrected chi connectivity index (χ1v) is 6.99. The summed E-state index contributed by atoms with van der Waals surface area (Å²) in [5.74, 6) is 1.60. The van der Waals surface area contributed by atoms with E-state index < -0.39 is 0 Å². The van der Waals surface area contributed by atoms with Crippen LogP contribution in [0.4, 0.5) is 0 Å². The van der Waals surface area contributed by atoms with E-state index in [-0.39, 0.29) is 5.91 Å². The zero-order valence-electron chi connectivity index (χ0n) is 12.4. The van der Waals surface area contributed by atoms with Gasteiger partial charge in [-0.15, -0.1) is 0 Å². The van der Waals surface area contributed by atoms with Crippen LogP contribution in [-0.2, 0) is 17.8 Å². The normalized spacial score (nSPS) is 10.4. The van der Waals surface area contributed by atoms with Crippen molar-refractivity contribution in [2.24, 2.45) is 0 Å². The van der Waals surface area contributed by atoms with Crippen molar-refractivity contribution >= 4 is 5.91 Å². The first-order chi connectivity index (χ1) is 10.2. The monoisotopic (exact) mass is 288 g/mol. The van der Waals surface area contributed by atoms with Crippen molar-refractivity contribution in [3.63, 3.8) is 0 Å². The first kappa shape index (κ1) is 15.0. The molecule has 1 heterocycles. The molecule has 21 heavy (non-hydrogen) atoms. The zero-order chi connectivity index (χ0) is 15.1. The minimum absolute atomic E-state index is 0.0673. The third kappa shape index (κ3) is 4.30. The molecule has 0 aliphatic rings. The van der Waals surface area contributed by atoms with Gasteiger partial charge in [0.05, 0.1) is 13.2 Å². The van der Waals surface area contributed by atoms with Gasteiger partial charge in [0.25, 0.3) is 0 Å². The van der Waals surface area contributed by atoms with Crippen LogP contribution in [0.5, 0.6) is 5.75 Å². The zero-order valence-corrected chi connectivity index (χ0v) is 12.4.